The molecule has 1 N–H and O–H groups in total. The number of aromatic amines is 1. The van der Waals surface area contributed by atoms with Crippen molar-refractivity contribution in [3.8, 4) is 22.5 Å². The normalized spacial score (nSPS) is 11.4. The van der Waals surface area contributed by atoms with Gasteiger partial charge in [-0.15, -0.1) is 10.2 Å². The number of hydrogen-bond acceptors (Lipinski definition) is 5. The van der Waals surface area contributed by atoms with Gasteiger partial charge in [-0.2, -0.15) is 10.3 Å². The molecule has 2 heterocycles. The maximum atomic E-state index is 13.2. The van der Waals surface area contributed by atoms with Crippen molar-refractivity contribution in [3.63, 3.8) is 0 Å². The van der Waals surface area contributed by atoms with Crippen LogP contribution in [0.2, 0.25) is 0 Å². The van der Waals surface area contributed by atoms with E-state index in [1.807, 2.05) is 22.8 Å². The molecule has 0 radical (unpaired) electrons. The van der Waals surface area contributed by atoms with E-state index in [0.29, 0.717) is 24.8 Å². The highest BCUT2D eigenvalue weighted by Crippen LogP contribution is 2.29. The lowest BCUT2D eigenvalue weighted by molar-refractivity contribution is 0.472. The summed E-state index contributed by atoms with van der Waals surface area (Å²) in [4.78, 5) is 13.2. The number of nitrogens with one attached hydrogen (secondary N) is 1. The van der Waals surface area contributed by atoms with Gasteiger partial charge in [-0.1, -0.05) is 95.0 Å². The van der Waals surface area contributed by atoms with E-state index in [4.69, 9.17) is 5.10 Å². The second-order valence-corrected chi connectivity index (χ2v) is 9.83. The highest BCUT2D eigenvalue weighted by molar-refractivity contribution is 5.80. The molecule has 4 rings (SSSR count). The summed E-state index contributed by atoms with van der Waals surface area (Å²) in [6.45, 7) is 7.77. The molecule has 4 aromatic rings. The van der Waals surface area contributed by atoms with Crippen LogP contribution in [0.25, 0.3) is 22.5 Å². The quantitative estimate of drug-likeness (QED) is 0.251. The van der Waals surface area contributed by atoms with Gasteiger partial charge in [0, 0.05) is 18.5 Å². The lowest BCUT2D eigenvalue weighted by Gasteiger charge is -2.09. The van der Waals surface area contributed by atoms with E-state index >= 15 is 0 Å². The van der Waals surface area contributed by atoms with Crippen molar-refractivity contribution in [2.75, 3.05) is 0 Å². The number of H-pyrrole nitrogens is 1. The molecule has 0 aliphatic rings. The van der Waals surface area contributed by atoms with Crippen molar-refractivity contribution < 1.29 is 0 Å². The molecule has 2 aromatic carbocycles. The van der Waals surface area contributed by atoms with E-state index in [-0.39, 0.29) is 5.69 Å². The fourth-order valence-corrected chi connectivity index (χ4v) is 4.42. The van der Waals surface area contributed by atoms with Gasteiger partial charge >= 0.3 is 5.69 Å². The molecule has 0 bridgehead atoms. The Morgan fingerprint density at radius 2 is 1.69 bits per heavy atom. The van der Waals surface area contributed by atoms with Crippen LogP contribution in [0, 0.1) is 5.92 Å². The van der Waals surface area contributed by atoms with Crippen molar-refractivity contribution in [1.29, 1.82) is 0 Å². The van der Waals surface area contributed by atoms with Crippen molar-refractivity contribution in [3.05, 3.63) is 70.4 Å². The van der Waals surface area contributed by atoms with Crippen molar-refractivity contribution >= 4 is 0 Å². The number of rotatable bonds is 13. The summed E-state index contributed by atoms with van der Waals surface area (Å²) in [5, 5.41) is 19.2. The van der Waals surface area contributed by atoms with E-state index in [1.54, 1.807) is 4.68 Å². The Labute approximate surface area is 212 Å². The van der Waals surface area contributed by atoms with E-state index in [2.05, 4.69) is 71.7 Å². The molecule has 0 unspecified atom stereocenters. The molecule has 36 heavy (non-hydrogen) atoms. The molecular weight excluding hydrogens is 450 g/mol. The molecule has 0 aliphatic heterocycles. The minimum atomic E-state index is -0.00858. The zero-order valence-electron chi connectivity index (χ0n) is 21.7. The Balaban J connectivity index is 1.54. The molecular formula is C28H37N7O. The predicted molar refractivity (Wildman–Crippen MR) is 143 cm³/mol. The SMILES string of the molecule is CCCCCCCc1nn(CCC(C)C)c(=O)n1Cc1ccc(-c2ccccc2-c2nn[nH]n2)cc1. The number of tetrazole rings is 1. The fraction of sp³-hybridized carbons (Fsp3) is 0.464. The Morgan fingerprint density at radius 1 is 0.944 bits per heavy atom. The first kappa shape index (κ1) is 25.5. The zero-order valence-corrected chi connectivity index (χ0v) is 21.7. The molecule has 0 saturated carbocycles. The maximum absolute atomic E-state index is 13.2. The molecule has 0 amide bonds. The van der Waals surface area contributed by atoms with Crippen molar-refractivity contribution in [2.45, 2.75) is 78.8 Å². The number of aromatic nitrogens is 7. The van der Waals surface area contributed by atoms with Gasteiger partial charge in [0.05, 0.1) is 6.54 Å². The molecule has 0 spiro atoms. The second-order valence-electron chi connectivity index (χ2n) is 9.83. The average Bonchev–Trinajstić information content (AvgIpc) is 3.52. The molecule has 0 fully saturated rings. The summed E-state index contributed by atoms with van der Waals surface area (Å²) in [6.07, 6.45) is 7.75. The summed E-state index contributed by atoms with van der Waals surface area (Å²) in [7, 11) is 0. The lowest BCUT2D eigenvalue weighted by Crippen LogP contribution is -2.26. The number of unbranched alkanes of at least 4 members (excludes halogenated alkanes) is 4. The molecule has 190 valence electrons. The topological polar surface area (TPSA) is 94.3 Å². The first-order valence-corrected chi connectivity index (χ1v) is 13.2. The zero-order chi connectivity index (χ0) is 25.3. The van der Waals surface area contributed by atoms with Crippen LogP contribution in [0.15, 0.2) is 53.3 Å². The summed E-state index contributed by atoms with van der Waals surface area (Å²) >= 11 is 0. The van der Waals surface area contributed by atoms with Gasteiger partial charge in [0.15, 0.2) is 0 Å². The van der Waals surface area contributed by atoms with Gasteiger partial charge in [0.2, 0.25) is 5.82 Å². The monoisotopic (exact) mass is 487 g/mol. The standard InChI is InChI=1S/C28H37N7O/c1-4-5-6-7-8-13-26-31-35(19-18-21(2)3)28(36)34(26)20-22-14-16-23(17-15-22)24-11-9-10-12-25(24)27-29-32-33-30-27/h9-12,14-17,21H,4-8,13,18-20H2,1-3H3,(H,29,30,32,33). The second kappa shape index (κ2) is 12.4. The largest absolute Gasteiger partial charge is 0.346 e. The van der Waals surface area contributed by atoms with Gasteiger partial charge in [-0.05, 0) is 40.7 Å². The molecule has 8 heteroatoms. The van der Waals surface area contributed by atoms with Crippen LogP contribution in [-0.2, 0) is 19.5 Å². The highest BCUT2D eigenvalue weighted by atomic mass is 16.2. The maximum Gasteiger partial charge on any atom is 0.346 e. The molecule has 0 atom stereocenters. The van der Waals surface area contributed by atoms with E-state index in [0.717, 1.165) is 47.3 Å². The minimum Gasteiger partial charge on any atom is -0.274 e. The molecule has 8 nitrogen and oxygen atoms in total. The average molecular weight is 488 g/mol. The van der Waals surface area contributed by atoms with Crippen molar-refractivity contribution in [2.24, 2.45) is 5.92 Å². The Morgan fingerprint density at radius 3 is 2.39 bits per heavy atom. The van der Waals surface area contributed by atoms with Crippen LogP contribution < -0.4 is 5.69 Å². The smallest absolute Gasteiger partial charge is 0.274 e. The van der Waals surface area contributed by atoms with Gasteiger partial charge in [-0.25, -0.2) is 9.48 Å². The first-order chi connectivity index (χ1) is 17.6. The van der Waals surface area contributed by atoms with Gasteiger partial charge in [0.1, 0.15) is 5.82 Å². The third kappa shape index (κ3) is 6.36. The summed E-state index contributed by atoms with van der Waals surface area (Å²) in [5.74, 6) is 1.99. The minimum absolute atomic E-state index is 0.00858. The fourth-order valence-electron chi connectivity index (χ4n) is 4.42. The highest BCUT2D eigenvalue weighted by Gasteiger charge is 2.15. The van der Waals surface area contributed by atoms with Crippen LogP contribution in [0.4, 0.5) is 0 Å². The Bertz CT molecular complexity index is 1270. The first-order valence-electron chi connectivity index (χ1n) is 13.2. The lowest BCUT2D eigenvalue weighted by atomic mass is 9.98. The third-order valence-electron chi connectivity index (χ3n) is 6.54. The Hall–Kier alpha value is -3.55. The van der Waals surface area contributed by atoms with Gasteiger partial charge < -0.3 is 0 Å². The Kier molecular flexibility index (Phi) is 8.81. The van der Waals surface area contributed by atoms with E-state index in [9.17, 15) is 4.79 Å². The summed E-state index contributed by atoms with van der Waals surface area (Å²) < 4.78 is 3.53. The number of benzene rings is 2. The molecule has 0 aliphatic carbocycles. The number of aryl methyl sites for hydroxylation is 2. The predicted octanol–water partition coefficient (Wildman–Crippen LogP) is 5.50. The van der Waals surface area contributed by atoms with E-state index in [1.165, 1.54) is 25.7 Å². The summed E-state index contributed by atoms with van der Waals surface area (Å²) in [5.41, 5.74) is 4.10. The van der Waals surface area contributed by atoms with Crippen LogP contribution in [0.5, 0.6) is 0 Å². The van der Waals surface area contributed by atoms with Crippen LogP contribution >= 0.6 is 0 Å². The van der Waals surface area contributed by atoms with Gasteiger partial charge in [-0.3, -0.25) is 4.57 Å². The van der Waals surface area contributed by atoms with Crippen molar-refractivity contribution in [1.82, 2.24) is 35.0 Å². The van der Waals surface area contributed by atoms with Crippen LogP contribution in [-0.4, -0.2) is 35.0 Å². The van der Waals surface area contributed by atoms with E-state index < -0.39 is 0 Å². The number of nitrogens with zero attached hydrogens (tertiary/aromatic N) is 6. The van der Waals surface area contributed by atoms with Gasteiger partial charge in [0.25, 0.3) is 0 Å². The summed E-state index contributed by atoms with van der Waals surface area (Å²) in [6, 6.07) is 16.4. The molecule has 0 saturated heterocycles. The molecule has 2 aromatic heterocycles. The number of hydrogen-bond donors (Lipinski definition) is 1. The van der Waals surface area contributed by atoms with Crippen LogP contribution in [0.1, 0.15) is 70.7 Å². The third-order valence-corrected chi connectivity index (χ3v) is 6.54. The van der Waals surface area contributed by atoms with Crippen LogP contribution in [0.3, 0.4) is 0 Å².